The van der Waals surface area contributed by atoms with Gasteiger partial charge in [0, 0.05) is 32.4 Å². The summed E-state index contributed by atoms with van der Waals surface area (Å²) in [6.07, 6.45) is 1.68. The van der Waals surface area contributed by atoms with Crippen LogP contribution in [0.5, 0.6) is 0 Å². The van der Waals surface area contributed by atoms with Crippen LogP contribution in [0.15, 0.2) is 33.9 Å². The molecule has 1 aromatic carbocycles. The van der Waals surface area contributed by atoms with Crippen molar-refractivity contribution in [2.75, 3.05) is 26.9 Å². The molecule has 0 spiro atoms. The van der Waals surface area contributed by atoms with Gasteiger partial charge in [0.15, 0.2) is 10.6 Å². The molecule has 1 aliphatic heterocycles. The third-order valence-electron chi connectivity index (χ3n) is 3.22. The zero-order valence-corrected chi connectivity index (χ0v) is 15.6. The molecule has 0 saturated heterocycles. The molecule has 1 heterocycles. The molecule has 0 N–H and O–H groups in total. The number of rotatable bonds is 4. The first-order valence-electron chi connectivity index (χ1n) is 6.79. The van der Waals surface area contributed by atoms with Crippen LogP contribution in [0.25, 0.3) is 0 Å². The highest BCUT2D eigenvalue weighted by Gasteiger charge is 2.32. The Labute approximate surface area is 148 Å². The van der Waals surface area contributed by atoms with E-state index >= 15 is 0 Å². The first kappa shape index (κ1) is 18.1. The molecule has 2 rings (SSSR count). The molecule has 0 fully saturated rings. The van der Waals surface area contributed by atoms with Crippen molar-refractivity contribution in [2.24, 2.45) is 5.10 Å². The lowest BCUT2D eigenvalue weighted by Crippen LogP contribution is -2.22. The summed E-state index contributed by atoms with van der Waals surface area (Å²) >= 11 is 10.7. The van der Waals surface area contributed by atoms with Gasteiger partial charge in [-0.05, 0) is 35.8 Å². The normalized spacial score (nSPS) is 17.7. The van der Waals surface area contributed by atoms with E-state index in [0.717, 1.165) is 5.56 Å². The molecule has 1 unspecified atom stereocenters. The predicted octanol–water partition coefficient (Wildman–Crippen LogP) is 2.68. The number of benzene rings is 1. The van der Waals surface area contributed by atoms with Gasteiger partial charge in [-0.3, -0.25) is 4.79 Å². The largest absolute Gasteiger partial charge is 0.611 e. The maximum atomic E-state index is 12.7. The molecular formula is C15H17Cl2N3O2S. The maximum Gasteiger partial charge on any atom is 0.277 e. The van der Waals surface area contributed by atoms with Crippen molar-refractivity contribution in [1.82, 2.24) is 9.91 Å². The highest BCUT2D eigenvalue weighted by Crippen LogP contribution is 2.29. The van der Waals surface area contributed by atoms with Gasteiger partial charge in [-0.2, -0.15) is 5.10 Å². The lowest BCUT2D eigenvalue weighted by atomic mass is 10.2. The first-order chi connectivity index (χ1) is 10.7. The van der Waals surface area contributed by atoms with Crippen molar-refractivity contribution in [2.45, 2.75) is 11.8 Å². The molecule has 1 aromatic rings. The van der Waals surface area contributed by atoms with Gasteiger partial charge in [-0.1, -0.05) is 23.2 Å². The number of hydrogen-bond acceptors (Lipinski definition) is 4. The number of likely N-dealkylation sites (N-methyl/N-ethyl adjacent to an activating group) is 1. The van der Waals surface area contributed by atoms with Crippen LogP contribution in [-0.4, -0.2) is 53.0 Å². The van der Waals surface area contributed by atoms with Crippen molar-refractivity contribution >= 4 is 46.0 Å². The zero-order chi connectivity index (χ0) is 17.3. The second-order valence-corrected chi connectivity index (χ2v) is 7.64. The molecule has 8 heteroatoms. The molecule has 0 saturated carbocycles. The average Bonchev–Trinajstić information content (AvgIpc) is 2.70. The Morgan fingerprint density at radius 2 is 2.00 bits per heavy atom. The molecule has 124 valence electrons. The molecule has 0 aliphatic carbocycles. The van der Waals surface area contributed by atoms with Gasteiger partial charge in [0.1, 0.15) is 5.71 Å². The second kappa shape index (κ2) is 7.13. The average molecular weight is 374 g/mol. The summed E-state index contributed by atoms with van der Waals surface area (Å²) in [5.74, 6) is -0.111. The van der Waals surface area contributed by atoms with Crippen molar-refractivity contribution in [3.63, 3.8) is 0 Å². The maximum absolute atomic E-state index is 12.7. The number of nitrogens with zero attached hydrogens (tertiary/aromatic N) is 3. The van der Waals surface area contributed by atoms with E-state index in [1.807, 2.05) is 21.0 Å². The molecule has 0 radical (unpaired) electrons. The number of halogens is 2. The van der Waals surface area contributed by atoms with E-state index in [4.69, 9.17) is 23.2 Å². The summed E-state index contributed by atoms with van der Waals surface area (Å²) in [5, 5.41) is 6.30. The van der Waals surface area contributed by atoms with Gasteiger partial charge in [-0.25, -0.2) is 5.01 Å². The quantitative estimate of drug-likeness (QED) is 0.602. The van der Waals surface area contributed by atoms with E-state index in [9.17, 15) is 9.35 Å². The topological polar surface area (TPSA) is 59.0 Å². The highest BCUT2D eigenvalue weighted by atomic mass is 35.5. The number of carbonyl (C=O) groups excluding carboxylic acids is 1. The van der Waals surface area contributed by atoms with Crippen LogP contribution in [0.2, 0.25) is 10.0 Å². The smallest absolute Gasteiger partial charge is 0.277 e. The first-order valence-corrected chi connectivity index (χ1v) is 8.86. The van der Waals surface area contributed by atoms with Gasteiger partial charge in [0.2, 0.25) is 0 Å². The molecule has 0 bridgehead atoms. The Kier molecular flexibility index (Phi) is 5.62. The Morgan fingerprint density at radius 3 is 2.61 bits per heavy atom. The van der Waals surface area contributed by atoms with E-state index < -0.39 is 11.2 Å². The van der Waals surface area contributed by atoms with Gasteiger partial charge in [0.05, 0.1) is 10.6 Å². The monoisotopic (exact) mass is 373 g/mol. The molecule has 1 aliphatic rings. The lowest BCUT2D eigenvalue weighted by molar-refractivity contribution is -0.124. The molecule has 23 heavy (non-hydrogen) atoms. The Morgan fingerprint density at radius 1 is 1.35 bits per heavy atom. The summed E-state index contributed by atoms with van der Waals surface area (Å²) < 4.78 is 12.7. The minimum atomic E-state index is -1.43. The van der Waals surface area contributed by atoms with E-state index in [1.165, 1.54) is 5.01 Å². The van der Waals surface area contributed by atoms with E-state index in [1.54, 1.807) is 30.3 Å². The van der Waals surface area contributed by atoms with E-state index in [0.29, 0.717) is 26.2 Å². The van der Waals surface area contributed by atoms with Crippen LogP contribution >= 0.6 is 23.2 Å². The predicted molar refractivity (Wildman–Crippen MR) is 94.4 cm³/mol. The third-order valence-corrected chi connectivity index (χ3v) is 5.42. The highest BCUT2D eigenvalue weighted by molar-refractivity contribution is 7.92. The summed E-state index contributed by atoms with van der Waals surface area (Å²) in [6, 6.07) is 3.28. The number of aryl methyl sites for hydroxylation is 1. The van der Waals surface area contributed by atoms with Crippen LogP contribution in [0.3, 0.4) is 0 Å². The van der Waals surface area contributed by atoms with Gasteiger partial charge >= 0.3 is 0 Å². The zero-order valence-electron chi connectivity index (χ0n) is 13.3. The summed E-state index contributed by atoms with van der Waals surface area (Å²) in [5.41, 5.74) is 1.71. The van der Waals surface area contributed by atoms with Gasteiger partial charge in [-0.15, -0.1) is 0 Å². The second-order valence-electron chi connectivity index (χ2n) is 5.40. The number of amides is 1. The number of hydrogen-bond donors (Lipinski definition) is 0. The van der Waals surface area contributed by atoms with E-state index in [2.05, 4.69) is 5.10 Å². The third kappa shape index (κ3) is 4.01. The minimum Gasteiger partial charge on any atom is -0.611 e. The molecule has 0 aromatic heterocycles. The Balaban J connectivity index is 2.29. The van der Waals surface area contributed by atoms with Crippen molar-refractivity contribution in [3.05, 3.63) is 39.5 Å². The number of hydrazone groups is 1. The fourth-order valence-corrected chi connectivity index (χ4v) is 3.92. The Bertz CT molecular complexity index is 704. The van der Waals surface area contributed by atoms with Crippen molar-refractivity contribution in [3.8, 4) is 0 Å². The lowest BCUT2D eigenvalue weighted by Gasteiger charge is -2.13. The fourth-order valence-electron chi connectivity index (χ4n) is 2.08. The molecule has 1 amide bonds. The van der Waals surface area contributed by atoms with Gasteiger partial charge in [0.25, 0.3) is 5.91 Å². The van der Waals surface area contributed by atoms with Gasteiger partial charge < -0.3 is 9.45 Å². The van der Waals surface area contributed by atoms with E-state index in [-0.39, 0.29) is 11.7 Å². The summed E-state index contributed by atoms with van der Waals surface area (Å²) in [7, 11) is 5.19. The number of carbonyl (C=O) groups is 1. The van der Waals surface area contributed by atoms with Crippen molar-refractivity contribution < 1.29 is 9.35 Å². The minimum absolute atomic E-state index is 0.108. The molecule has 1 atom stereocenters. The van der Waals surface area contributed by atoms with Crippen LogP contribution in [0.4, 0.5) is 0 Å². The SMILES string of the molecule is Cc1cc([S+]([O-])CC2=NN(C)C(=O)C2=CN(C)C)c(Cl)cc1Cl. The molecule has 5 nitrogen and oxygen atoms in total. The fraction of sp³-hybridized carbons (Fsp3) is 0.333. The summed E-state index contributed by atoms with van der Waals surface area (Å²) in [4.78, 5) is 14.4. The Hall–Kier alpha value is -1.21. The van der Waals surface area contributed by atoms with Crippen LogP contribution in [0.1, 0.15) is 5.56 Å². The standard InChI is InChI=1S/C15H17Cl2N3O2S/c1-9-5-14(12(17)6-11(9)16)23(22)8-13-10(7-19(2)3)15(21)20(4)18-13/h5-7H,8H2,1-4H3. The summed E-state index contributed by atoms with van der Waals surface area (Å²) in [6.45, 7) is 1.82. The molecular weight excluding hydrogens is 357 g/mol. The van der Waals surface area contributed by atoms with Crippen LogP contribution in [0, 0.1) is 6.92 Å². The van der Waals surface area contributed by atoms with Crippen molar-refractivity contribution in [1.29, 1.82) is 0 Å². The van der Waals surface area contributed by atoms with Crippen LogP contribution in [-0.2, 0) is 16.0 Å². The van der Waals surface area contributed by atoms with Crippen LogP contribution < -0.4 is 0 Å².